The largest absolute Gasteiger partial charge is 0.508 e. The second kappa shape index (κ2) is 24.8. The number of hydrogen-bond acceptors (Lipinski definition) is 15. The number of amides is 6. The molecule has 0 aliphatic heterocycles. The van der Waals surface area contributed by atoms with Gasteiger partial charge in [0.05, 0.1) is 38.5 Å². The van der Waals surface area contributed by atoms with Gasteiger partial charge in [0.25, 0.3) is 0 Å². The van der Waals surface area contributed by atoms with E-state index in [4.69, 9.17) is 17.2 Å². The summed E-state index contributed by atoms with van der Waals surface area (Å²) in [4.78, 5) is 109. The van der Waals surface area contributed by atoms with Gasteiger partial charge in [-0.1, -0.05) is 12.1 Å². The molecule has 0 bridgehead atoms. The molecule has 1 aromatic carbocycles. The molecule has 26 nitrogen and oxygen atoms in total. The summed E-state index contributed by atoms with van der Waals surface area (Å²) in [5, 5.41) is 63.4. The summed E-state index contributed by atoms with van der Waals surface area (Å²) in [5.41, 5.74) is 17.6. The highest BCUT2D eigenvalue weighted by Gasteiger charge is 2.34. The minimum atomic E-state index is -1.80. The molecule has 0 fully saturated rings. The smallest absolute Gasteiger partial charge is 0.326 e. The Bertz CT molecular complexity index is 1960. The van der Waals surface area contributed by atoms with E-state index in [-0.39, 0.29) is 43.9 Å². The molecule has 0 aliphatic rings. The minimum absolute atomic E-state index is 0.0968. The Hall–Kier alpha value is -7.16. The Morgan fingerprint density at radius 2 is 1.02 bits per heavy atom. The number of carboxylic acids is 1. The number of H-pyrrole nitrogens is 2. The van der Waals surface area contributed by atoms with Crippen LogP contribution in [0.5, 0.6) is 5.75 Å². The number of guanidine groups is 1. The van der Waals surface area contributed by atoms with E-state index in [0.29, 0.717) is 23.4 Å². The highest BCUT2D eigenvalue weighted by atomic mass is 16.4. The molecule has 62 heavy (non-hydrogen) atoms. The number of nitrogens with two attached hydrogens (primary N) is 3. The minimum Gasteiger partial charge on any atom is -0.508 e. The van der Waals surface area contributed by atoms with Crippen LogP contribution in [0.25, 0.3) is 0 Å². The third-order valence-corrected chi connectivity index (χ3v) is 8.97. The fourth-order valence-corrected chi connectivity index (χ4v) is 5.59. The topological polar surface area (TPSA) is 441 Å². The van der Waals surface area contributed by atoms with Crippen molar-refractivity contribution in [1.29, 1.82) is 0 Å². The number of aromatic amines is 2. The third-order valence-electron chi connectivity index (χ3n) is 8.97. The number of benzene rings is 1. The normalized spacial score (nSPS) is 14.3. The Labute approximate surface area is 352 Å². The lowest BCUT2D eigenvalue weighted by molar-refractivity contribution is -0.142. The molecule has 0 spiro atoms. The number of aliphatic hydroxyl groups is 3. The first-order valence-electron chi connectivity index (χ1n) is 19.0. The Balaban J connectivity index is 1.72. The maximum absolute atomic E-state index is 13.6. The molecule has 6 amide bonds. The molecule has 0 aliphatic carbocycles. The van der Waals surface area contributed by atoms with Crippen molar-refractivity contribution in [2.24, 2.45) is 22.2 Å². The van der Waals surface area contributed by atoms with Gasteiger partial charge in [-0.3, -0.25) is 33.8 Å². The summed E-state index contributed by atoms with van der Waals surface area (Å²) >= 11 is 0. The molecule has 338 valence electrons. The van der Waals surface area contributed by atoms with Crippen molar-refractivity contribution in [3.8, 4) is 5.75 Å². The fourth-order valence-electron chi connectivity index (χ4n) is 5.59. The van der Waals surface area contributed by atoms with Crippen molar-refractivity contribution < 1.29 is 59.1 Å². The number of aromatic nitrogens is 4. The van der Waals surface area contributed by atoms with E-state index in [2.05, 4.69) is 56.8 Å². The number of phenolic OH excluding ortho intramolecular Hbond substituents is 1. The number of carboxylic acid groups (broad SMARTS) is 1. The molecule has 3 aromatic rings. The van der Waals surface area contributed by atoms with Gasteiger partial charge in [0.15, 0.2) is 5.96 Å². The number of nitrogens with one attached hydrogen (secondary N) is 8. The number of carbonyl (C=O) groups is 7. The van der Waals surface area contributed by atoms with Gasteiger partial charge in [0, 0.05) is 49.6 Å². The second-order valence-electron chi connectivity index (χ2n) is 13.7. The van der Waals surface area contributed by atoms with Gasteiger partial charge in [-0.05, 0) is 30.5 Å². The maximum atomic E-state index is 13.6. The highest BCUT2D eigenvalue weighted by Crippen LogP contribution is 2.12. The van der Waals surface area contributed by atoms with Gasteiger partial charge < -0.3 is 84.6 Å². The molecule has 0 unspecified atom stereocenters. The van der Waals surface area contributed by atoms with Crippen molar-refractivity contribution in [3.05, 3.63) is 66.3 Å². The number of hydrogen-bond donors (Lipinski definition) is 16. The van der Waals surface area contributed by atoms with Gasteiger partial charge >= 0.3 is 5.97 Å². The molecule has 3 rings (SSSR count). The van der Waals surface area contributed by atoms with Crippen molar-refractivity contribution in [2.75, 3.05) is 26.4 Å². The van der Waals surface area contributed by atoms with Crippen LogP contribution in [-0.4, -0.2) is 161 Å². The molecular weight excluding hydrogens is 820 g/mol. The van der Waals surface area contributed by atoms with E-state index >= 15 is 0 Å². The zero-order chi connectivity index (χ0) is 45.8. The maximum Gasteiger partial charge on any atom is 0.326 e. The summed E-state index contributed by atoms with van der Waals surface area (Å²) < 4.78 is 0. The summed E-state index contributed by atoms with van der Waals surface area (Å²) in [6.07, 6.45) is 5.01. The number of phenols is 1. The molecule has 7 atom stereocenters. The average molecular weight is 873 g/mol. The zero-order valence-electron chi connectivity index (χ0n) is 33.2. The first-order chi connectivity index (χ1) is 29.5. The van der Waals surface area contributed by atoms with Crippen LogP contribution in [0, 0.1) is 0 Å². The van der Waals surface area contributed by atoms with Gasteiger partial charge in [0.2, 0.25) is 35.4 Å². The van der Waals surface area contributed by atoms with Gasteiger partial charge in [-0.25, -0.2) is 14.8 Å². The predicted octanol–water partition coefficient (Wildman–Crippen LogP) is -6.78. The number of aromatic hydroxyl groups is 1. The monoisotopic (exact) mass is 872 g/mol. The SMILES string of the molecule is NC(N)=NCCC[C@H](N)C(=O)N[C@@H](CO)C(=O)N[C@@H](Cc1cnc[nH]1)C(=O)N[C@@H](CO)C(=O)N[C@@H](CO)C(=O)N[C@@H](Cc1ccc(O)cc1)C(=O)N[C@@H](Cc1cnc[nH]1)C(=O)O. The van der Waals surface area contributed by atoms with E-state index in [1.165, 1.54) is 49.3 Å². The van der Waals surface area contributed by atoms with Crippen molar-refractivity contribution >= 4 is 47.4 Å². The molecule has 0 saturated carbocycles. The van der Waals surface area contributed by atoms with E-state index < -0.39 is 104 Å². The van der Waals surface area contributed by atoms with Crippen LogP contribution in [0.1, 0.15) is 29.8 Å². The molecule has 0 radical (unpaired) electrons. The number of aliphatic imine (C=N–C) groups is 1. The van der Waals surface area contributed by atoms with Crippen molar-refractivity contribution in [1.82, 2.24) is 51.8 Å². The molecule has 0 saturated heterocycles. The summed E-state index contributed by atoms with van der Waals surface area (Å²) in [7, 11) is 0. The molecule has 19 N–H and O–H groups in total. The number of carbonyl (C=O) groups excluding carboxylic acids is 6. The predicted molar refractivity (Wildman–Crippen MR) is 215 cm³/mol. The Morgan fingerprint density at radius 1 is 0.613 bits per heavy atom. The molecule has 26 heteroatoms. The number of rotatable bonds is 26. The van der Waals surface area contributed by atoms with E-state index in [0.717, 1.165) is 0 Å². The van der Waals surface area contributed by atoms with Crippen LogP contribution in [-0.2, 0) is 52.8 Å². The standard InChI is InChI=1S/C36H52N14O12/c37-22(2-1-7-42-36(38)39)29(55)48-26(13-51)32(58)46-24(9-19-11-40-16-43-19)31(57)49-28(15-53)34(60)50-27(14-52)33(59)45-23(8-18-3-5-21(54)6-4-18)30(56)47-25(35(61)62)10-20-12-41-17-44-20/h3-6,11-12,16-17,22-28,51-54H,1-2,7-10,13-15,37H2,(H,40,43)(H,41,44)(H,45,59)(H,46,58)(H,47,56)(H,48,55)(H,49,57)(H,50,60)(H,61,62)(H4,38,39,42)/t22-,23-,24-,25-,26-,27-,28-/m0/s1. The second-order valence-corrected chi connectivity index (χ2v) is 13.7. The van der Waals surface area contributed by atoms with Crippen LogP contribution >= 0.6 is 0 Å². The van der Waals surface area contributed by atoms with E-state index in [1.807, 2.05) is 0 Å². The van der Waals surface area contributed by atoms with Crippen molar-refractivity contribution in [3.63, 3.8) is 0 Å². The van der Waals surface area contributed by atoms with E-state index in [9.17, 15) is 59.1 Å². The van der Waals surface area contributed by atoms with Crippen LogP contribution in [0.3, 0.4) is 0 Å². The zero-order valence-corrected chi connectivity index (χ0v) is 33.2. The lowest BCUT2D eigenvalue weighted by Crippen LogP contribution is -2.61. The molecule has 2 heterocycles. The first kappa shape index (κ1) is 49.2. The first-order valence-corrected chi connectivity index (χ1v) is 19.0. The lowest BCUT2D eigenvalue weighted by Gasteiger charge is -2.26. The average Bonchev–Trinajstić information content (AvgIpc) is 3.97. The molecule has 2 aromatic heterocycles. The number of aliphatic carboxylic acids is 1. The summed E-state index contributed by atoms with van der Waals surface area (Å²) in [6, 6.07) is -5.28. The van der Waals surface area contributed by atoms with Crippen LogP contribution in [0.4, 0.5) is 0 Å². The number of nitrogens with zero attached hydrogens (tertiary/aromatic N) is 3. The van der Waals surface area contributed by atoms with Gasteiger partial charge in [0.1, 0.15) is 42.0 Å². The number of aliphatic hydroxyl groups excluding tert-OH is 3. The summed E-state index contributed by atoms with van der Waals surface area (Å²) in [6.45, 7) is -2.84. The number of imidazole rings is 2. The van der Waals surface area contributed by atoms with Crippen molar-refractivity contribution in [2.45, 2.75) is 74.4 Å². The quantitative estimate of drug-likeness (QED) is 0.0202. The molecular formula is C36H52N14O12. The van der Waals surface area contributed by atoms with Crippen LogP contribution in [0.15, 0.2) is 54.3 Å². The third kappa shape index (κ3) is 16.1. The summed E-state index contributed by atoms with van der Waals surface area (Å²) in [5.74, 6) is -7.82. The van der Waals surface area contributed by atoms with Crippen LogP contribution in [0.2, 0.25) is 0 Å². The lowest BCUT2D eigenvalue weighted by atomic mass is 10.0. The highest BCUT2D eigenvalue weighted by molar-refractivity contribution is 5.97. The fraction of sp³-hybridized carbons (Fsp3) is 0.444. The van der Waals surface area contributed by atoms with Gasteiger partial charge in [-0.15, -0.1) is 0 Å². The van der Waals surface area contributed by atoms with Gasteiger partial charge in [-0.2, -0.15) is 0 Å². The van der Waals surface area contributed by atoms with Crippen LogP contribution < -0.4 is 49.1 Å². The Kier molecular flexibility index (Phi) is 19.7. The van der Waals surface area contributed by atoms with E-state index in [1.54, 1.807) is 0 Å². The Morgan fingerprint density at radius 3 is 1.44 bits per heavy atom.